The van der Waals surface area contributed by atoms with E-state index in [1.165, 1.54) is 0 Å². The highest BCUT2D eigenvalue weighted by Gasteiger charge is 2.55. The smallest absolute Gasteiger partial charge is 0.326 e. The summed E-state index contributed by atoms with van der Waals surface area (Å²) < 4.78 is 0. The van der Waals surface area contributed by atoms with E-state index < -0.39 is 29.5 Å². The van der Waals surface area contributed by atoms with Gasteiger partial charge in [0.1, 0.15) is 0 Å². The predicted molar refractivity (Wildman–Crippen MR) is 88.1 cm³/mol. The van der Waals surface area contributed by atoms with Crippen LogP contribution in [-0.4, -0.2) is 28.8 Å². The number of rotatable bonds is 5. The molecule has 1 saturated heterocycles. The third-order valence-electron chi connectivity index (χ3n) is 4.44. The number of hydrogen-bond acceptors (Lipinski definition) is 4. The van der Waals surface area contributed by atoms with Gasteiger partial charge in [0, 0.05) is 0 Å². The lowest BCUT2D eigenvalue weighted by molar-refractivity contribution is -0.310. The first-order valence-corrected chi connectivity index (χ1v) is 8.00. The molecular formula is C19H17N2O4-. The van der Waals surface area contributed by atoms with Gasteiger partial charge in [0.05, 0.1) is 12.0 Å². The Kier molecular flexibility index (Phi) is 4.27. The Labute approximate surface area is 145 Å². The van der Waals surface area contributed by atoms with Crippen molar-refractivity contribution in [3.63, 3.8) is 0 Å². The van der Waals surface area contributed by atoms with Crippen LogP contribution in [0.3, 0.4) is 0 Å². The van der Waals surface area contributed by atoms with Crippen LogP contribution in [0.15, 0.2) is 60.7 Å². The molecule has 1 aliphatic heterocycles. The van der Waals surface area contributed by atoms with Crippen molar-refractivity contribution in [3.8, 4) is 0 Å². The van der Waals surface area contributed by atoms with Crippen LogP contribution in [0.1, 0.15) is 24.5 Å². The summed E-state index contributed by atoms with van der Waals surface area (Å²) in [7, 11) is 0. The Hall–Kier alpha value is -3.15. The lowest BCUT2D eigenvalue weighted by Crippen LogP contribution is -2.52. The number of hydrogen-bond donors (Lipinski definition) is 1. The van der Waals surface area contributed by atoms with Crippen LogP contribution in [0.2, 0.25) is 0 Å². The lowest BCUT2D eigenvalue weighted by Gasteiger charge is -2.30. The molecule has 0 aliphatic carbocycles. The molecule has 25 heavy (non-hydrogen) atoms. The van der Waals surface area contributed by atoms with Crippen LogP contribution in [-0.2, 0) is 15.1 Å². The van der Waals surface area contributed by atoms with Crippen molar-refractivity contribution in [2.24, 2.45) is 0 Å². The molecule has 1 fully saturated rings. The molecule has 3 rings (SSSR count). The van der Waals surface area contributed by atoms with Crippen molar-refractivity contribution in [1.82, 2.24) is 10.2 Å². The molecule has 1 unspecified atom stereocenters. The van der Waals surface area contributed by atoms with Gasteiger partial charge < -0.3 is 15.2 Å². The van der Waals surface area contributed by atoms with Crippen LogP contribution in [0, 0.1) is 0 Å². The molecule has 1 heterocycles. The quantitative estimate of drug-likeness (QED) is 0.825. The standard InChI is InChI=1S/C19H18N2O4/c1-2-15(16(22)23)21-17(24)19(20-18(21)25,13-9-5-3-6-10-13)14-11-7-4-8-12-14/h3-12,15H,2H2,1H3,(H,20,25)(H,22,23)/p-1. The van der Waals surface area contributed by atoms with Gasteiger partial charge in [-0.05, 0) is 17.5 Å². The number of nitrogens with one attached hydrogen (secondary N) is 1. The minimum Gasteiger partial charge on any atom is -0.548 e. The van der Waals surface area contributed by atoms with Crippen molar-refractivity contribution in [1.29, 1.82) is 0 Å². The lowest BCUT2D eigenvalue weighted by atomic mass is 9.82. The van der Waals surface area contributed by atoms with E-state index >= 15 is 0 Å². The van der Waals surface area contributed by atoms with E-state index in [-0.39, 0.29) is 6.42 Å². The minimum absolute atomic E-state index is 0.0706. The number of imide groups is 1. The highest BCUT2D eigenvalue weighted by atomic mass is 16.4. The van der Waals surface area contributed by atoms with E-state index in [1.807, 2.05) is 0 Å². The Bertz CT molecular complexity index is 765. The van der Waals surface area contributed by atoms with Crippen molar-refractivity contribution >= 4 is 17.9 Å². The molecule has 6 nitrogen and oxygen atoms in total. The first kappa shape index (κ1) is 16.7. The molecule has 0 aromatic heterocycles. The Morgan fingerprint density at radius 2 is 1.52 bits per heavy atom. The number of amides is 3. The van der Waals surface area contributed by atoms with Crippen LogP contribution in [0.25, 0.3) is 0 Å². The maximum absolute atomic E-state index is 13.3. The van der Waals surface area contributed by atoms with Gasteiger partial charge in [0.2, 0.25) is 0 Å². The zero-order valence-corrected chi connectivity index (χ0v) is 13.6. The second kappa shape index (κ2) is 6.39. The average Bonchev–Trinajstić information content (AvgIpc) is 2.89. The fourth-order valence-electron chi connectivity index (χ4n) is 3.22. The first-order valence-electron chi connectivity index (χ1n) is 8.00. The molecule has 2 aromatic rings. The Balaban J connectivity index is 2.19. The van der Waals surface area contributed by atoms with Gasteiger partial charge in [-0.1, -0.05) is 67.6 Å². The molecule has 0 spiro atoms. The summed E-state index contributed by atoms with van der Waals surface area (Å²) in [6.45, 7) is 1.59. The fraction of sp³-hybridized carbons (Fsp3) is 0.211. The van der Waals surface area contributed by atoms with E-state index in [9.17, 15) is 19.5 Å². The molecule has 1 N–H and O–H groups in total. The van der Waals surface area contributed by atoms with Gasteiger partial charge in [-0.2, -0.15) is 0 Å². The SMILES string of the molecule is CCC(C(=O)[O-])N1C(=O)NC(c2ccccc2)(c2ccccc2)C1=O. The molecule has 128 valence electrons. The van der Waals surface area contributed by atoms with E-state index in [1.54, 1.807) is 67.6 Å². The number of carbonyl (C=O) groups excluding carboxylic acids is 3. The molecule has 2 aromatic carbocycles. The van der Waals surface area contributed by atoms with Crippen LogP contribution in [0.4, 0.5) is 4.79 Å². The maximum Gasteiger partial charge on any atom is 0.326 e. The number of carboxylic acids is 1. The number of carbonyl (C=O) groups is 3. The summed E-state index contributed by atoms with van der Waals surface area (Å²) in [4.78, 5) is 38.0. The van der Waals surface area contributed by atoms with Gasteiger partial charge in [-0.15, -0.1) is 0 Å². The Morgan fingerprint density at radius 1 is 1.04 bits per heavy atom. The molecule has 3 amide bonds. The number of aliphatic carboxylic acids is 1. The first-order chi connectivity index (χ1) is 12.0. The van der Waals surface area contributed by atoms with E-state index in [0.717, 1.165) is 4.90 Å². The summed E-state index contributed by atoms with van der Waals surface area (Å²) in [5, 5.41) is 14.1. The van der Waals surface area contributed by atoms with E-state index in [2.05, 4.69) is 5.32 Å². The van der Waals surface area contributed by atoms with Gasteiger partial charge in [0.15, 0.2) is 5.54 Å². The number of benzene rings is 2. The minimum atomic E-state index is -1.46. The molecular weight excluding hydrogens is 320 g/mol. The second-order valence-corrected chi connectivity index (χ2v) is 5.83. The zero-order chi connectivity index (χ0) is 18.0. The summed E-state index contributed by atoms with van der Waals surface area (Å²) in [6, 6.07) is 15.5. The van der Waals surface area contributed by atoms with Gasteiger partial charge in [-0.3, -0.25) is 9.69 Å². The third-order valence-corrected chi connectivity index (χ3v) is 4.44. The molecule has 1 atom stereocenters. The largest absolute Gasteiger partial charge is 0.548 e. The monoisotopic (exact) mass is 337 g/mol. The number of nitrogens with zero attached hydrogens (tertiary/aromatic N) is 1. The topological polar surface area (TPSA) is 89.5 Å². The fourth-order valence-corrected chi connectivity index (χ4v) is 3.22. The number of urea groups is 1. The Morgan fingerprint density at radius 3 is 1.92 bits per heavy atom. The summed E-state index contributed by atoms with van der Waals surface area (Å²) in [5.41, 5.74) is -0.326. The summed E-state index contributed by atoms with van der Waals surface area (Å²) in [6.07, 6.45) is 0.0706. The van der Waals surface area contributed by atoms with Crippen LogP contribution >= 0.6 is 0 Å². The van der Waals surface area contributed by atoms with Crippen molar-refractivity contribution < 1.29 is 19.5 Å². The molecule has 1 aliphatic rings. The van der Waals surface area contributed by atoms with Crippen LogP contribution < -0.4 is 10.4 Å². The van der Waals surface area contributed by atoms with Crippen molar-refractivity contribution in [3.05, 3.63) is 71.8 Å². The third kappa shape index (κ3) is 2.55. The average molecular weight is 337 g/mol. The highest BCUT2D eigenvalue weighted by molar-refractivity contribution is 6.11. The van der Waals surface area contributed by atoms with Crippen LogP contribution in [0.5, 0.6) is 0 Å². The normalized spacial score (nSPS) is 17.2. The molecule has 6 heteroatoms. The van der Waals surface area contributed by atoms with Gasteiger partial charge in [-0.25, -0.2) is 4.79 Å². The van der Waals surface area contributed by atoms with E-state index in [4.69, 9.17) is 0 Å². The molecule has 0 radical (unpaired) electrons. The summed E-state index contributed by atoms with van der Waals surface area (Å²) in [5.74, 6) is -2.08. The highest BCUT2D eigenvalue weighted by Crippen LogP contribution is 2.36. The zero-order valence-electron chi connectivity index (χ0n) is 13.6. The van der Waals surface area contributed by atoms with Gasteiger partial charge >= 0.3 is 6.03 Å². The predicted octanol–water partition coefficient (Wildman–Crippen LogP) is 1.01. The molecule has 0 saturated carbocycles. The van der Waals surface area contributed by atoms with Crippen molar-refractivity contribution in [2.45, 2.75) is 24.9 Å². The molecule has 0 bridgehead atoms. The summed E-state index contributed by atoms with van der Waals surface area (Å²) >= 11 is 0. The maximum atomic E-state index is 13.3. The number of carboxylic acid groups (broad SMARTS) is 1. The van der Waals surface area contributed by atoms with Crippen molar-refractivity contribution in [2.75, 3.05) is 0 Å². The van der Waals surface area contributed by atoms with Gasteiger partial charge in [0.25, 0.3) is 5.91 Å². The van der Waals surface area contributed by atoms with E-state index in [0.29, 0.717) is 11.1 Å². The second-order valence-electron chi connectivity index (χ2n) is 5.83.